The monoisotopic (exact) mass is 564 g/mol. The lowest BCUT2D eigenvalue weighted by Crippen LogP contribution is -2.45. The summed E-state index contributed by atoms with van der Waals surface area (Å²) in [7, 11) is -3.77. The van der Waals surface area contributed by atoms with E-state index < -0.39 is 21.7 Å². The van der Waals surface area contributed by atoms with Crippen LogP contribution in [-0.4, -0.2) is 81.0 Å². The summed E-state index contributed by atoms with van der Waals surface area (Å²) in [4.78, 5) is 22.2. The molecule has 0 unspecified atom stereocenters. The number of thiazole rings is 1. The molecule has 3 aromatic rings. The number of carbonyl (C=O) groups is 1. The molecule has 0 bridgehead atoms. The number of hydrogen-bond donors (Lipinski definition) is 0. The number of halogens is 2. The summed E-state index contributed by atoms with van der Waals surface area (Å²) in [6, 6.07) is 9.52. The van der Waals surface area contributed by atoms with E-state index in [-0.39, 0.29) is 35.3 Å². The van der Waals surface area contributed by atoms with Crippen LogP contribution in [0.2, 0.25) is 0 Å². The lowest BCUT2D eigenvalue weighted by atomic mass is 9.96. The molecule has 2 aromatic carbocycles. The first-order valence-electron chi connectivity index (χ1n) is 12.8. The van der Waals surface area contributed by atoms with E-state index in [0.717, 1.165) is 38.2 Å². The topological polar surface area (TPSA) is 83.1 Å². The van der Waals surface area contributed by atoms with Crippen molar-refractivity contribution in [2.24, 2.45) is 5.92 Å². The van der Waals surface area contributed by atoms with Crippen molar-refractivity contribution in [2.75, 3.05) is 57.4 Å². The first kappa shape index (κ1) is 27.1. The van der Waals surface area contributed by atoms with Crippen molar-refractivity contribution in [2.45, 2.75) is 24.2 Å². The summed E-state index contributed by atoms with van der Waals surface area (Å²) < 4.78 is 61.1. The number of carbonyl (C=O) groups excluding carboxylic acids is 1. The Balaban J connectivity index is 1.29. The number of aromatic nitrogens is 1. The number of sulfonamides is 1. The molecule has 0 saturated carbocycles. The number of amides is 1. The van der Waals surface area contributed by atoms with Gasteiger partial charge in [0.2, 0.25) is 15.9 Å². The number of para-hydroxylation sites is 1. The summed E-state index contributed by atoms with van der Waals surface area (Å²) in [5, 5.41) is 0.457. The average Bonchev–Trinajstić information content (AvgIpc) is 3.37. The Labute approximate surface area is 224 Å². The van der Waals surface area contributed by atoms with Crippen LogP contribution in [0.1, 0.15) is 19.3 Å². The lowest BCUT2D eigenvalue weighted by Gasteiger charge is -2.33. The van der Waals surface area contributed by atoms with Crippen LogP contribution < -0.4 is 4.90 Å². The fourth-order valence-electron chi connectivity index (χ4n) is 4.92. The molecular formula is C26H30F2N4O4S2. The maximum Gasteiger partial charge on any atom is 0.243 e. The van der Waals surface area contributed by atoms with Gasteiger partial charge in [-0.05, 0) is 55.7 Å². The normalized spacial score (nSPS) is 18.2. The van der Waals surface area contributed by atoms with Gasteiger partial charge in [-0.2, -0.15) is 4.31 Å². The number of benzene rings is 2. The fourth-order valence-corrected chi connectivity index (χ4v) is 7.40. The van der Waals surface area contributed by atoms with Crippen LogP contribution in [0.5, 0.6) is 0 Å². The molecule has 12 heteroatoms. The molecule has 204 valence electrons. The third-order valence-electron chi connectivity index (χ3n) is 7.07. The molecule has 5 rings (SSSR count). The van der Waals surface area contributed by atoms with E-state index in [2.05, 4.69) is 9.88 Å². The van der Waals surface area contributed by atoms with Gasteiger partial charge >= 0.3 is 0 Å². The third-order valence-corrected chi connectivity index (χ3v) is 10.0. The summed E-state index contributed by atoms with van der Waals surface area (Å²) in [6.45, 7) is 4.70. The zero-order valence-electron chi connectivity index (χ0n) is 20.9. The highest BCUT2D eigenvalue weighted by molar-refractivity contribution is 7.89. The third kappa shape index (κ3) is 5.89. The van der Waals surface area contributed by atoms with E-state index >= 15 is 0 Å². The maximum atomic E-state index is 14.4. The van der Waals surface area contributed by atoms with Gasteiger partial charge < -0.3 is 4.74 Å². The van der Waals surface area contributed by atoms with E-state index in [9.17, 15) is 22.0 Å². The van der Waals surface area contributed by atoms with Crippen molar-refractivity contribution in [3.8, 4) is 0 Å². The van der Waals surface area contributed by atoms with Crippen molar-refractivity contribution in [1.29, 1.82) is 0 Å². The van der Waals surface area contributed by atoms with E-state index in [4.69, 9.17) is 4.74 Å². The molecule has 0 atom stereocenters. The molecule has 0 spiro atoms. The predicted molar refractivity (Wildman–Crippen MR) is 142 cm³/mol. The van der Waals surface area contributed by atoms with Gasteiger partial charge in [0.25, 0.3) is 0 Å². The smallest absolute Gasteiger partial charge is 0.243 e. The molecule has 1 amide bonds. The molecule has 0 aliphatic carbocycles. The van der Waals surface area contributed by atoms with Crippen molar-refractivity contribution >= 4 is 42.6 Å². The van der Waals surface area contributed by atoms with E-state index in [0.29, 0.717) is 42.4 Å². The Morgan fingerprint density at radius 2 is 1.76 bits per heavy atom. The Morgan fingerprint density at radius 3 is 2.45 bits per heavy atom. The van der Waals surface area contributed by atoms with Gasteiger partial charge in [0.15, 0.2) is 5.13 Å². The quantitative estimate of drug-likeness (QED) is 0.415. The highest BCUT2D eigenvalue weighted by atomic mass is 32.2. The number of fused-ring (bicyclic) bond motifs is 1. The lowest BCUT2D eigenvalue weighted by molar-refractivity contribution is -0.123. The summed E-state index contributed by atoms with van der Waals surface area (Å²) >= 11 is 1.28. The minimum atomic E-state index is -3.77. The number of ether oxygens (including phenoxy) is 1. The number of rotatable bonds is 8. The van der Waals surface area contributed by atoms with Crippen molar-refractivity contribution in [3.05, 3.63) is 54.1 Å². The second-order valence-electron chi connectivity index (χ2n) is 9.51. The molecule has 2 fully saturated rings. The molecule has 2 aliphatic rings. The largest absolute Gasteiger partial charge is 0.379 e. The number of morpholine rings is 1. The second kappa shape index (κ2) is 11.7. The van der Waals surface area contributed by atoms with Crippen LogP contribution in [0.15, 0.2) is 47.4 Å². The van der Waals surface area contributed by atoms with Crippen molar-refractivity contribution < 1.29 is 26.7 Å². The maximum absolute atomic E-state index is 14.4. The van der Waals surface area contributed by atoms with Gasteiger partial charge in [-0.15, -0.1) is 0 Å². The zero-order valence-corrected chi connectivity index (χ0v) is 22.5. The number of piperidine rings is 1. The first-order valence-corrected chi connectivity index (χ1v) is 15.0. The average molecular weight is 565 g/mol. The van der Waals surface area contributed by atoms with Crippen LogP contribution in [0.25, 0.3) is 10.2 Å². The fraction of sp³-hybridized carbons (Fsp3) is 0.462. The van der Waals surface area contributed by atoms with Crippen LogP contribution in [0.3, 0.4) is 0 Å². The van der Waals surface area contributed by atoms with Crippen molar-refractivity contribution in [3.63, 3.8) is 0 Å². The van der Waals surface area contributed by atoms with Gasteiger partial charge in [-0.3, -0.25) is 14.6 Å². The van der Waals surface area contributed by atoms with Crippen molar-refractivity contribution in [1.82, 2.24) is 14.2 Å². The van der Waals surface area contributed by atoms with Crippen LogP contribution in [-0.2, 0) is 19.6 Å². The predicted octanol–water partition coefficient (Wildman–Crippen LogP) is 3.73. The van der Waals surface area contributed by atoms with E-state index in [1.54, 1.807) is 17.0 Å². The zero-order chi connectivity index (χ0) is 26.7. The summed E-state index contributed by atoms with van der Waals surface area (Å²) in [6.07, 6.45) is 1.44. The van der Waals surface area contributed by atoms with Crippen LogP contribution in [0.4, 0.5) is 13.9 Å². The summed E-state index contributed by atoms with van der Waals surface area (Å²) in [5.74, 6) is -1.43. The Morgan fingerprint density at radius 1 is 1.05 bits per heavy atom. The molecule has 0 radical (unpaired) electrons. The number of nitrogens with zero attached hydrogens (tertiary/aromatic N) is 4. The summed E-state index contributed by atoms with van der Waals surface area (Å²) in [5.41, 5.74) is 0.249. The second-order valence-corrected chi connectivity index (χ2v) is 12.5. The molecule has 2 saturated heterocycles. The molecule has 1 aromatic heterocycles. The SMILES string of the molecule is O=C(C1CCN(S(=O)(=O)c2ccc(F)cc2)CC1)N(CCCN1CCOCC1)c1nc2c(F)cccc2s1. The van der Waals surface area contributed by atoms with Gasteiger partial charge in [-0.1, -0.05) is 17.4 Å². The van der Waals surface area contributed by atoms with Crippen LogP contribution >= 0.6 is 11.3 Å². The molecule has 8 nitrogen and oxygen atoms in total. The Kier molecular flexibility index (Phi) is 8.34. The van der Waals surface area contributed by atoms with Gasteiger partial charge in [-0.25, -0.2) is 22.2 Å². The number of anilines is 1. The molecule has 38 heavy (non-hydrogen) atoms. The van der Waals surface area contributed by atoms with Crippen LogP contribution in [0, 0.1) is 17.6 Å². The highest BCUT2D eigenvalue weighted by Gasteiger charge is 2.35. The molecule has 2 aliphatic heterocycles. The Bertz CT molecular complexity index is 1370. The minimum Gasteiger partial charge on any atom is -0.379 e. The first-order chi connectivity index (χ1) is 18.3. The highest BCUT2D eigenvalue weighted by Crippen LogP contribution is 2.33. The molecular weight excluding hydrogens is 534 g/mol. The van der Waals surface area contributed by atoms with Gasteiger partial charge in [0, 0.05) is 45.2 Å². The van der Waals surface area contributed by atoms with Gasteiger partial charge in [0.1, 0.15) is 17.2 Å². The van der Waals surface area contributed by atoms with E-state index in [1.165, 1.54) is 33.8 Å². The van der Waals surface area contributed by atoms with E-state index in [1.807, 2.05) is 0 Å². The number of hydrogen-bond acceptors (Lipinski definition) is 7. The minimum absolute atomic E-state index is 0.0323. The molecule has 0 N–H and O–H groups in total. The van der Waals surface area contributed by atoms with Gasteiger partial charge in [0.05, 0.1) is 22.8 Å². The Hall–Kier alpha value is -2.51. The molecule has 3 heterocycles. The standard InChI is InChI=1S/C26H30F2N4O4S2/c27-20-5-7-21(8-6-20)38(34,35)31-13-9-19(10-14-31)25(33)32(12-2-11-30-15-17-36-18-16-30)26-29-24-22(28)3-1-4-23(24)37-26/h1,3-8,19H,2,9-18H2.